The molecule has 3 aromatic rings. The third-order valence-electron chi connectivity index (χ3n) is 3.27. The first-order valence-corrected chi connectivity index (χ1v) is 6.46. The van der Waals surface area contributed by atoms with Crippen molar-refractivity contribution in [1.29, 1.82) is 0 Å². The van der Waals surface area contributed by atoms with Crippen molar-refractivity contribution in [3.05, 3.63) is 64.5 Å². The summed E-state index contributed by atoms with van der Waals surface area (Å²) in [6.07, 6.45) is 1.30. The quantitative estimate of drug-likeness (QED) is 0.762. The van der Waals surface area contributed by atoms with E-state index in [0.29, 0.717) is 23.3 Å². The summed E-state index contributed by atoms with van der Waals surface area (Å²) in [7, 11) is 0. The molecule has 1 atom stereocenters. The predicted octanol–water partition coefficient (Wildman–Crippen LogP) is 1.83. The molecule has 0 aliphatic rings. The zero-order valence-corrected chi connectivity index (χ0v) is 11.1. The van der Waals surface area contributed by atoms with E-state index >= 15 is 0 Å². The van der Waals surface area contributed by atoms with Gasteiger partial charge in [-0.1, -0.05) is 12.1 Å². The molecule has 0 aliphatic heterocycles. The molecule has 5 heteroatoms. The maximum Gasteiger partial charge on any atom is 0.258 e. The molecule has 0 saturated heterocycles. The minimum Gasteiger partial charge on any atom is -0.387 e. The number of aromatic nitrogens is 3. The third-order valence-corrected chi connectivity index (χ3v) is 3.27. The van der Waals surface area contributed by atoms with E-state index < -0.39 is 6.10 Å². The van der Waals surface area contributed by atoms with Crippen molar-refractivity contribution < 1.29 is 5.11 Å². The topological polar surface area (TPSA) is 70.9 Å². The van der Waals surface area contributed by atoms with Crippen LogP contribution in [0.3, 0.4) is 0 Å². The summed E-state index contributed by atoms with van der Waals surface area (Å²) in [6, 6.07) is 11.0. The predicted molar refractivity (Wildman–Crippen MR) is 76.5 cm³/mol. The third kappa shape index (κ3) is 2.23. The van der Waals surface area contributed by atoms with Crippen LogP contribution >= 0.6 is 0 Å². The molecule has 5 nitrogen and oxygen atoms in total. The van der Waals surface area contributed by atoms with E-state index in [-0.39, 0.29) is 5.56 Å². The van der Waals surface area contributed by atoms with Crippen LogP contribution in [0.15, 0.2) is 47.4 Å². The second-order valence-electron chi connectivity index (χ2n) is 4.77. The lowest BCUT2D eigenvalue weighted by Crippen LogP contribution is -2.15. The maximum absolute atomic E-state index is 12.0. The molecular formula is C15H15N3O2. The Kier molecular flexibility index (Phi) is 3.12. The Morgan fingerprint density at radius 3 is 2.90 bits per heavy atom. The number of hydrogen-bond donors (Lipinski definition) is 2. The van der Waals surface area contributed by atoms with Gasteiger partial charge in [-0.2, -0.15) is 0 Å². The summed E-state index contributed by atoms with van der Waals surface area (Å²) in [4.78, 5) is 19.2. The summed E-state index contributed by atoms with van der Waals surface area (Å²) < 4.78 is 1.87. The molecule has 20 heavy (non-hydrogen) atoms. The van der Waals surface area contributed by atoms with Gasteiger partial charge in [0.1, 0.15) is 5.82 Å². The highest BCUT2D eigenvalue weighted by Crippen LogP contribution is 2.14. The lowest BCUT2D eigenvalue weighted by molar-refractivity contribution is 0.189. The number of para-hydroxylation sites is 1. The summed E-state index contributed by atoms with van der Waals surface area (Å²) in [6.45, 7) is 2.13. The monoisotopic (exact) mass is 269 g/mol. The first-order chi connectivity index (χ1) is 9.65. The van der Waals surface area contributed by atoms with Gasteiger partial charge in [0.15, 0.2) is 0 Å². The van der Waals surface area contributed by atoms with Gasteiger partial charge in [-0.3, -0.25) is 4.79 Å². The Morgan fingerprint density at radius 1 is 1.30 bits per heavy atom. The molecular weight excluding hydrogens is 254 g/mol. The molecule has 0 spiro atoms. The standard InChI is InChI=1S/C15H15N3O2/c1-10(19)13-7-4-8-18(13)9-14-16-12-6-3-2-5-11(12)15(20)17-14/h2-8,10,19H,9H2,1H3,(H,16,17,20). The number of H-pyrrole nitrogens is 1. The van der Waals surface area contributed by atoms with Gasteiger partial charge < -0.3 is 14.7 Å². The molecule has 3 rings (SSSR count). The van der Waals surface area contributed by atoms with Crippen LogP contribution in [0.2, 0.25) is 0 Å². The van der Waals surface area contributed by atoms with Crippen LogP contribution in [-0.4, -0.2) is 19.6 Å². The van der Waals surface area contributed by atoms with Gasteiger partial charge in [0.25, 0.3) is 5.56 Å². The summed E-state index contributed by atoms with van der Waals surface area (Å²) in [5.74, 6) is 0.576. The van der Waals surface area contributed by atoms with Crippen LogP contribution in [0.25, 0.3) is 10.9 Å². The van der Waals surface area contributed by atoms with Crippen molar-refractivity contribution in [3.63, 3.8) is 0 Å². The minimum atomic E-state index is -0.558. The van der Waals surface area contributed by atoms with Crippen molar-refractivity contribution >= 4 is 10.9 Å². The molecule has 2 heterocycles. The lowest BCUT2D eigenvalue weighted by Gasteiger charge is -2.11. The Labute approximate surface area is 115 Å². The number of benzene rings is 1. The van der Waals surface area contributed by atoms with E-state index in [0.717, 1.165) is 5.69 Å². The van der Waals surface area contributed by atoms with Gasteiger partial charge in [-0.05, 0) is 31.2 Å². The Hall–Kier alpha value is -2.40. The number of nitrogens with zero attached hydrogens (tertiary/aromatic N) is 2. The van der Waals surface area contributed by atoms with Gasteiger partial charge in [-0.25, -0.2) is 4.98 Å². The summed E-state index contributed by atoms with van der Waals surface area (Å²) in [5.41, 5.74) is 1.33. The van der Waals surface area contributed by atoms with Crippen LogP contribution in [0, 0.1) is 0 Å². The number of aromatic amines is 1. The summed E-state index contributed by atoms with van der Waals surface area (Å²) in [5, 5.41) is 10.3. The maximum atomic E-state index is 12.0. The summed E-state index contributed by atoms with van der Waals surface area (Å²) >= 11 is 0. The molecule has 1 unspecified atom stereocenters. The van der Waals surface area contributed by atoms with Crippen molar-refractivity contribution in [3.8, 4) is 0 Å². The fraction of sp³-hybridized carbons (Fsp3) is 0.200. The van der Waals surface area contributed by atoms with Gasteiger partial charge >= 0.3 is 0 Å². The van der Waals surface area contributed by atoms with Gasteiger partial charge in [0.05, 0.1) is 23.6 Å². The minimum absolute atomic E-state index is 0.142. The number of rotatable bonds is 3. The molecule has 2 aromatic heterocycles. The van der Waals surface area contributed by atoms with Crippen LogP contribution < -0.4 is 5.56 Å². The second kappa shape index (κ2) is 4.94. The van der Waals surface area contributed by atoms with Gasteiger partial charge in [-0.15, -0.1) is 0 Å². The van der Waals surface area contributed by atoms with Gasteiger partial charge in [0.2, 0.25) is 0 Å². The van der Waals surface area contributed by atoms with Crippen LogP contribution in [-0.2, 0) is 6.54 Å². The zero-order chi connectivity index (χ0) is 14.1. The zero-order valence-electron chi connectivity index (χ0n) is 11.1. The van der Waals surface area contributed by atoms with E-state index in [4.69, 9.17) is 0 Å². The molecule has 2 N–H and O–H groups in total. The molecule has 1 aromatic carbocycles. The Morgan fingerprint density at radius 2 is 2.10 bits per heavy atom. The molecule has 102 valence electrons. The Bertz CT molecular complexity index is 802. The lowest BCUT2D eigenvalue weighted by atomic mass is 10.2. The highest BCUT2D eigenvalue weighted by atomic mass is 16.3. The van der Waals surface area contributed by atoms with Crippen LogP contribution in [0.5, 0.6) is 0 Å². The first-order valence-electron chi connectivity index (χ1n) is 6.46. The van der Waals surface area contributed by atoms with E-state index in [1.54, 1.807) is 13.0 Å². The molecule has 0 radical (unpaired) electrons. The molecule has 0 amide bonds. The van der Waals surface area contributed by atoms with Crippen molar-refractivity contribution in [2.75, 3.05) is 0 Å². The smallest absolute Gasteiger partial charge is 0.258 e. The number of hydrogen-bond acceptors (Lipinski definition) is 3. The van der Waals surface area contributed by atoms with Crippen LogP contribution in [0.4, 0.5) is 0 Å². The first kappa shape index (κ1) is 12.6. The van der Waals surface area contributed by atoms with Crippen molar-refractivity contribution in [2.45, 2.75) is 19.6 Å². The molecule has 0 bridgehead atoms. The highest BCUT2D eigenvalue weighted by Gasteiger charge is 2.09. The van der Waals surface area contributed by atoms with Crippen molar-refractivity contribution in [1.82, 2.24) is 14.5 Å². The van der Waals surface area contributed by atoms with E-state index in [1.807, 2.05) is 41.1 Å². The molecule has 0 aliphatic carbocycles. The Balaban J connectivity index is 2.03. The number of fused-ring (bicyclic) bond motifs is 1. The van der Waals surface area contributed by atoms with Crippen LogP contribution in [0.1, 0.15) is 24.5 Å². The van der Waals surface area contributed by atoms with Crippen molar-refractivity contribution in [2.24, 2.45) is 0 Å². The fourth-order valence-electron chi connectivity index (χ4n) is 2.32. The SMILES string of the molecule is CC(O)c1cccn1Cc1nc2ccccc2c(=O)[nH]1. The number of aliphatic hydroxyl groups is 1. The molecule has 0 fully saturated rings. The van der Waals surface area contributed by atoms with E-state index in [9.17, 15) is 9.90 Å². The average Bonchev–Trinajstić information content (AvgIpc) is 2.87. The number of nitrogens with one attached hydrogen (secondary N) is 1. The largest absolute Gasteiger partial charge is 0.387 e. The van der Waals surface area contributed by atoms with Gasteiger partial charge in [0, 0.05) is 11.9 Å². The van der Waals surface area contributed by atoms with E-state index in [1.165, 1.54) is 0 Å². The highest BCUT2D eigenvalue weighted by molar-refractivity contribution is 5.77. The molecule has 0 saturated carbocycles. The average molecular weight is 269 g/mol. The fourth-order valence-corrected chi connectivity index (χ4v) is 2.32. The normalized spacial score (nSPS) is 12.7. The van der Waals surface area contributed by atoms with E-state index in [2.05, 4.69) is 9.97 Å². The number of aliphatic hydroxyl groups excluding tert-OH is 1. The second-order valence-corrected chi connectivity index (χ2v) is 4.77.